The van der Waals surface area contributed by atoms with Crippen LogP contribution in [0.5, 0.6) is 0 Å². The number of carbonyl (C=O) groups is 1. The van der Waals surface area contributed by atoms with Crippen molar-refractivity contribution in [2.75, 3.05) is 19.8 Å². The van der Waals surface area contributed by atoms with Gasteiger partial charge in [-0.15, -0.1) is 0 Å². The predicted molar refractivity (Wildman–Crippen MR) is 70.6 cm³/mol. The monoisotopic (exact) mass is 300 g/mol. The minimum atomic E-state index is -0.137. The Morgan fingerprint density at radius 1 is 1.53 bits per heavy atom. The van der Waals surface area contributed by atoms with Gasteiger partial charge in [-0.2, -0.15) is 0 Å². The van der Waals surface area contributed by atoms with Gasteiger partial charge in [-0.25, -0.2) is 0 Å². The van der Waals surface area contributed by atoms with Crippen LogP contribution in [0.4, 0.5) is 0 Å². The van der Waals surface area contributed by atoms with Crippen molar-refractivity contribution in [2.24, 2.45) is 5.73 Å². The molecule has 0 heterocycles. The number of rotatable bonds is 6. The Labute approximate surface area is 110 Å². The molecule has 0 radical (unpaired) electrons. The molecule has 1 aromatic rings. The van der Waals surface area contributed by atoms with Crippen LogP contribution in [-0.2, 0) is 9.53 Å². The third kappa shape index (κ3) is 4.85. The molecular weight excluding hydrogens is 284 g/mol. The maximum Gasteiger partial charge on any atom is 0.246 e. The van der Waals surface area contributed by atoms with Crippen LogP contribution in [0.15, 0.2) is 28.7 Å². The molecule has 3 N–H and O–H groups in total. The molecule has 0 aliphatic rings. The number of hydrogen-bond acceptors (Lipinski definition) is 3. The fourth-order valence-corrected chi connectivity index (χ4v) is 2.06. The summed E-state index contributed by atoms with van der Waals surface area (Å²) in [5.74, 6) is -0.137. The second-order valence-corrected chi connectivity index (χ2v) is 4.51. The van der Waals surface area contributed by atoms with E-state index in [0.29, 0.717) is 13.2 Å². The molecule has 0 spiro atoms. The van der Waals surface area contributed by atoms with Crippen LogP contribution < -0.4 is 11.1 Å². The van der Waals surface area contributed by atoms with Gasteiger partial charge in [0.05, 0.1) is 12.6 Å². The molecule has 0 unspecified atom stereocenters. The zero-order valence-electron chi connectivity index (χ0n) is 9.78. The first-order chi connectivity index (χ1) is 8.15. The fraction of sp³-hybridized carbons (Fsp3) is 0.417. The molecule has 1 rings (SSSR count). The smallest absolute Gasteiger partial charge is 0.246 e. The largest absolute Gasteiger partial charge is 0.370 e. The Balaban J connectivity index is 2.46. The highest BCUT2D eigenvalue weighted by Crippen LogP contribution is 2.22. The molecule has 17 heavy (non-hydrogen) atoms. The van der Waals surface area contributed by atoms with Gasteiger partial charge in [0.1, 0.15) is 6.61 Å². The third-order valence-corrected chi connectivity index (χ3v) is 2.97. The molecule has 1 aromatic carbocycles. The Morgan fingerprint density at radius 2 is 2.24 bits per heavy atom. The first-order valence-electron chi connectivity index (χ1n) is 5.46. The number of carbonyl (C=O) groups excluding carboxylic acids is 1. The average Bonchev–Trinajstić information content (AvgIpc) is 2.29. The SMILES string of the molecule is C[C@H](NC(=O)COCCN)c1ccccc1Br. The Hall–Kier alpha value is -0.910. The van der Waals surface area contributed by atoms with E-state index in [0.717, 1.165) is 10.0 Å². The van der Waals surface area contributed by atoms with E-state index >= 15 is 0 Å². The second kappa shape index (κ2) is 7.42. The van der Waals surface area contributed by atoms with Crippen LogP contribution in [0, 0.1) is 0 Å². The topological polar surface area (TPSA) is 64.3 Å². The van der Waals surface area contributed by atoms with Crippen molar-refractivity contribution >= 4 is 21.8 Å². The van der Waals surface area contributed by atoms with E-state index in [-0.39, 0.29) is 18.6 Å². The Bertz CT molecular complexity index is 371. The minimum Gasteiger partial charge on any atom is -0.370 e. The second-order valence-electron chi connectivity index (χ2n) is 3.65. The molecule has 1 amide bonds. The van der Waals surface area contributed by atoms with E-state index in [2.05, 4.69) is 21.2 Å². The van der Waals surface area contributed by atoms with Gasteiger partial charge in [-0.3, -0.25) is 4.79 Å². The normalized spacial score (nSPS) is 12.2. The zero-order chi connectivity index (χ0) is 12.7. The van der Waals surface area contributed by atoms with Gasteiger partial charge in [0, 0.05) is 11.0 Å². The number of benzene rings is 1. The Kier molecular flexibility index (Phi) is 6.18. The molecule has 0 saturated carbocycles. The maximum atomic E-state index is 11.5. The summed E-state index contributed by atoms with van der Waals surface area (Å²) in [5.41, 5.74) is 6.31. The average molecular weight is 301 g/mol. The zero-order valence-corrected chi connectivity index (χ0v) is 11.4. The highest BCUT2D eigenvalue weighted by molar-refractivity contribution is 9.10. The summed E-state index contributed by atoms with van der Waals surface area (Å²) in [7, 11) is 0. The summed E-state index contributed by atoms with van der Waals surface area (Å²) >= 11 is 3.45. The van der Waals surface area contributed by atoms with E-state index in [4.69, 9.17) is 10.5 Å². The van der Waals surface area contributed by atoms with Crippen molar-refractivity contribution in [1.29, 1.82) is 0 Å². The van der Waals surface area contributed by atoms with Crippen LogP contribution in [0.2, 0.25) is 0 Å². The van der Waals surface area contributed by atoms with Crippen LogP contribution in [-0.4, -0.2) is 25.7 Å². The van der Waals surface area contributed by atoms with E-state index in [1.54, 1.807) is 0 Å². The molecule has 94 valence electrons. The summed E-state index contributed by atoms with van der Waals surface area (Å²) in [5, 5.41) is 2.86. The molecule has 4 nitrogen and oxygen atoms in total. The summed E-state index contributed by atoms with van der Waals surface area (Å²) in [6.45, 7) is 2.80. The van der Waals surface area contributed by atoms with Crippen molar-refractivity contribution in [3.63, 3.8) is 0 Å². The van der Waals surface area contributed by atoms with Gasteiger partial charge < -0.3 is 15.8 Å². The van der Waals surface area contributed by atoms with Gasteiger partial charge >= 0.3 is 0 Å². The van der Waals surface area contributed by atoms with Crippen molar-refractivity contribution in [3.8, 4) is 0 Å². The van der Waals surface area contributed by atoms with E-state index in [1.165, 1.54) is 0 Å². The number of hydrogen-bond donors (Lipinski definition) is 2. The van der Waals surface area contributed by atoms with E-state index in [9.17, 15) is 4.79 Å². The molecule has 0 bridgehead atoms. The molecule has 0 aliphatic carbocycles. The molecule has 0 aliphatic heterocycles. The maximum absolute atomic E-state index is 11.5. The molecule has 5 heteroatoms. The van der Waals surface area contributed by atoms with Gasteiger partial charge in [-0.05, 0) is 18.6 Å². The molecule has 0 saturated heterocycles. The van der Waals surface area contributed by atoms with Crippen molar-refractivity contribution in [1.82, 2.24) is 5.32 Å². The van der Waals surface area contributed by atoms with Crippen LogP contribution in [0.3, 0.4) is 0 Å². The molecule has 0 aromatic heterocycles. The molecule has 0 fully saturated rings. The van der Waals surface area contributed by atoms with Crippen molar-refractivity contribution < 1.29 is 9.53 Å². The number of nitrogens with two attached hydrogens (primary N) is 1. The number of ether oxygens (including phenoxy) is 1. The number of nitrogens with one attached hydrogen (secondary N) is 1. The molecular formula is C12H17BrN2O2. The van der Waals surface area contributed by atoms with E-state index < -0.39 is 0 Å². The lowest BCUT2D eigenvalue weighted by Gasteiger charge is -2.15. The molecule has 1 atom stereocenters. The summed E-state index contributed by atoms with van der Waals surface area (Å²) < 4.78 is 6.04. The summed E-state index contributed by atoms with van der Waals surface area (Å²) in [4.78, 5) is 11.5. The minimum absolute atomic E-state index is 0.0476. The van der Waals surface area contributed by atoms with Crippen molar-refractivity contribution in [3.05, 3.63) is 34.3 Å². The van der Waals surface area contributed by atoms with Gasteiger partial charge in [0.15, 0.2) is 0 Å². The van der Waals surface area contributed by atoms with E-state index in [1.807, 2.05) is 31.2 Å². The van der Waals surface area contributed by atoms with Crippen LogP contribution in [0.25, 0.3) is 0 Å². The standard InChI is InChI=1S/C12H17BrN2O2/c1-9(10-4-2-3-5-11(10)13)15-12(16)8-17-7-6-14/h2-5,9H,6-8,14H2,1H3,(H,15,16)/t9-/m0/s1. The summed E-state index contributed by atoms with van der Waals surface area (Å²) in [6, 6.07) is 7.73. The van der Waals surface area contributed by atoms with Crippen molar-refractivity contribution in [2.45, 2.75) is 13.0 Å². The highest BCUT2D eigenvalue weighted by Gasteiger charge is 2.11. The number of amides is 1. The first-order valence-corrected chi connectivity index (χ1v) is 6.26. The number of halogens is 1. The summed E-state index contributed by atoms with van der Waals surface area (Å²) in [6.07, 6.45) is 0. The fourth-order valence-electron chi connectivity index (χ4n) is 1.44. The first kappa shape index (κ1) is 14.2. The quantitative estimate of drug-likeness (QED) is 0.785. The van der Waals surface area contributed by atoms with Gasteiger partial charge in [0.25, 0.3) is 0 Å². The van der Waals surface area contributed by atoms with Crippen LogP contribution in [0.1, 0.15) is 18.5 Å². The van der Waals surface area contributed by atoms with Gasteiger partial charge in [0.2, 0.25) is 5.91 Å². The van der Waals surface area contributed by atoms with Gasteiger partial charge in [-0.1, -0.05) is 34.1 Å². The van der Waals surface area contributed by atoms with Crippen LogP contribution >= 0.6 is 15.9 Å². The lowest BCUT2D eigenvalue weighted by Crippen LogP contribution is -2.31. The predicted octanol–water partition coefficient (Wildman–Crippen LogP) is 1.60. The highest BCUT2D eigenvalue weighted by atomic mass is 79.9. The Morgan fingerprint density at radius 3 is 2.88 bits per heavy atom. The lowest BCUT2D eigenvalue weighted by molar-refractivity contribution is -0.126. The lowest BCUT2D eigenvalue weighted by atomic mass is 10.1. The third-order valence-electron chi connectivity index (χ3n) is 2.24.